The number of carbonyl (C=O) groups excluding carboxylic acids is 2. The number of nitrogens with two attached hydrogens (primary N) is 2. The number of anilines is 1. The molecule has 0 bridgehead atoms. The molecule has 2 amide bonds. The van der Waals surface area contributed by atoms with Crippen LogP contribution in [0.5, 0.6) is 11.5 Å². The van der Waals surface area contributed by atoms with Crippen LogP contribution >= 0.6 is 0 Å². The number of nitrogens with zero attached hydrogens (tertiary/aromatic N) is 1. The molecule has 1 aliphatic carbocycles. The van der Waals surface area contributed by atoms with Gasteiger partial charge in [-0.1, -0.05) is 48.5 Å². The second-order valence-electron chi connectivity index (χ2n) is 13.3. The number of aryl methyl sites for hydroxylation is 1. The third-order valence-electron chi connectivity index (χ3n) is 9.62. The van der Waals surface area contributed by atoms with Crippen LogP contribution in [-0.4, -0.2) is 44.8 Å². The maximum atomic E-state index is 13.0. The van der Waals surface area contributed by atoms with Crippen molar-refractivity contribution in [3.8, 4) is 22.6 Å². The number of phenolic OH excluding ortho intramolecular Hbond substituents is 1. The van der Waals surface area contributed by atoms with E-state index in [1.807, 2.05) is 36.4 Å². The zero-order valence-corrected chi connectivity index (χ0v) is 28.8. The molecule has 270 valence electrons. The number of amides is 2. The Labute approximate surface area is 301 Å². The Morgan fingerprint density at radius 2 is 1.77 bits per heavy atom. The molecule has 52 heavy (non-hydrogen) atoms. The molecule has 9 N–H and O–H groups in total. The van der Waals surface area contributed by atoms with Crippen LogP contribution in [-0.2, 0) is 17.8 Å². The molecule has 1 saturated carbocycles. The van der Waals surface area contributed by atoms with Crippen molar-refractivity contribution in [2.75, 3.05) is 11.9 Å². The predicted octanol–water partition coefficient (Wildman–Crippen LogP) is 5.52. The van der Waals surface area contributed by atoms with Crippen molar-refractivity contribution in [2.24, 2.45) is 11.5 Å². The number of aliphatic hydroxyl groups excluding tert-OH is 1. The van der Waals surface area contributed by atoms with Gasteiger partial charge < -0.3 is 42.0 Å². The van der Waals surface area contributed by atoms with Gasteiger partial charge >= 0.3 is 6.09 Å². The second-order valence-corrected chi connectivity index (χ2v) is 13.3. The van der Waals surface area contributed by atoms with Crippen molar-refractivity contribution in [2.45, 2.75) is 69.6 Å². The topological polar surface area (TPSA) is 206 Å². The monoisotopic (exact) mass is 704 g/mol. The lowest BCUT2D eigenvalue weighted by molar-refractivity contribution is -0.116. The highest BCUT2D eigenvalue weighted by Crippen LogP contribution is 2.44. The average Bonchev–Trinajstić information content (AvgIpc) is 3.13. The van der Waals surface area contributed by atoms with E-state index in [9.17, 15) is 24.6 Å². The third-order valence-corrected chi connectivity index (χ3v) is 9.62. The number of hydrogen-bond acceptors (Lipinski definition) is 9. The minimum Gasteiger partial charge on any atom is -0.506 e. The van der Waals surface area contributed by atoms with E-state index in [1.165, 1.54) is 12.1 Å². The number of aromatic amines is 1. The van der Waals surface area contributed by atoms with E-state index in [0.29, 0.717) is 47.5 Å². The minimum atomic E-state index is -0.895. The van der Waals surface area contributed by atoms with Crippen LogP contribution in [0.3, 0.4) is 0 Å². The van der Waals surface area contributed by atoms with Gasteiger partial charge in [-0.2, -0.15) is 0 Å². The smallest absolute Gasteiger partial charge is 0.409 e. The molecule has 6 rings (SSSR count). The van der Waals surface area contributed by atoms with Gasteiger partial charge in [0, 0.05) is 48.1 Å². The number of hydrogen-bond donors (Lipinski definition) is 7. The number of primary amides is 1. The molecular weight excluding hydrogens is 660 g/mol. The number of aliphatic hydroxyl groups is 1. The van der Waals surface area contributed by atoms with Crippen LogP contribution in [0.2, 0.25) is 0 Å². The van der Waals surface area contributed by atoms with Gasteiger partial charge in [-0.3, -0.25) is 14.6 Å². The van der Waals surface area contributed by atoms with Crippen LogP contribution in [0.1, 0.15) is 72.9 Å². The first-order chi connectivity index (χ1) is 25.2. The van der Waals surface area contributed by atoms with E-state index in [2.05, 4.69) is 26.7 Å². The van der Waals surface area contributed by atoms with Crippen molar-refractivity contribution in [1.82, 2.24) is 15.3 Å². The Morgan fingerprint density at radius 1 is 0.981 bits per heavy atom. The standard InChI is InChI=1S/C40H44N6O6/c41-27-12-9-26(10-13-27)37-25(11-16-30(39(37)52-40(42)51)24-5-2-1-3-6-24)7-4-8-35(49)45-29-15-14-28(44-22-29)21-43-23-34(48)31-17-19-33(47)38-32(31)18-20-36(50)46-38/h1-3,5-6,11,14-20,22,26-27,34,43,47-48H,4,7-10,12-13,21,23,41H2,(H2,42,51)(H,45,49)(H,46,50)/t26?,27?,34-/m0/s1. The van der Waals surface area contributed by atoms with Crippen LogP contribution in [0.25, 0.3) is 22.0 Å². The van der Waals surface area contributed by atoms with Gasteiger partial charge in [-0.15, -0.1) is 0 Å². The van der Waals surface area contributed by atoms with E-state index in [0.717, 1.165) is 47.9 Å². The molecule has 5 aromatic rings. The molecule has 0 aliphatic heterocycles. The summed E-state index contributed by atoms with van der Waals surface area (Å²) in [5.41, 5.74) is 17.3. The summed E-state index contributed by atoms with van der Waals surface area (Å²) in [5.74, 6) is 0.437. The van der Waals surface area contributed by atoms with Gasteiger partial charge in [0.1, 0.15) is 11.5 Å². The molecule has 12 heteroatoms. The highest BCUT2D eigenvalue weighted by Gasteiger charge is 2.28. The Bertz CT molecular complexity index is 2080. The van der Waals surface area contributed by atoms with Crippen LogP contribution in [0, 0.1) is 0 Å². The lowest BCUT2D eigenvalue weighted by Crippen LogP contribution is -2.27. The van der Waals surface area contributed by atoms with Gasteiger partial charge in [-0.25, -0.2) is 4.79 Å². The quantitative estimate of drug-likeness (QED) is 0.0822. The van der Waals surface area contributed by atoms with E-state index < -0.39 is 12.2 Å². The lowest BCUT2D eigenvalue weighted by atomic mass is 9.78. The first kappa shape index (κ1) is 36.2. The number of nitrogens with one attached hydrogen (secondary N) is 3. The van der Waals surface area contributed by atoms with Crippen LogP contribution < -0.4 is 32.4 Å². The number of phenols is 1. The molecule has 0 unspecified atom stereocenters. The summed E-state index contributed by atoms with van der Waals surface area (Å²) >= 11 is 0. The normalized spacial score (nSPS) is 16.3. The summed E-state index contributed by atoms with van der Waals surface area (Å²) in [6.45, 7) is 0.582. The average molecular weight is 705 g/mol. The number of aromatic nitrogens is 2. The van der Waals surface area contributed by atoms with E-state index in [4.69, 9.17) is 16.2 Å². The van der Waals surface area contributed by atoms with Crippen molar-refractivity contribution in [3.63, 3.8) is 0 Å². The molecule has 0 saturated heterocycles. The summed E-state index contributed by atoms with van der Waals surface area (Å²) in [6.07, 6.45) is 4.82. The largest absolute Gasteiger partial charge is 0.506 e. The van der Waals surface area contributed by atoms with Crippen LogP contribution in [0.4, 0.5) is 10.5 Å². The number of fused-ring (bicyclic) bond motifs is 1. The summed E-state index contributed by atoms with van der Waals surface area (Å²) in [5, 5.41) is 27.6. The second kappa shape index (κ2) is 16.6. The first-order valence-corrected chi connectivity index (χ1v) is 17.6. The number of H-pyrrole nitrogens is 1. The van der Waals surface area contributed by atoms with E-state index in [-0.39, 0.29) is 47.7 Å². The Morgan fingerprint density at radius 3 is 2.50 bits per heavy atom. The predicted molar refractivity (Wildman–Crippen MR) is 200 cm³/mol. The summed E-state index contributed by atoms with van der Waals surface area (Å²) in [6, 6.07) is 23.5. The fourth-order valence-corrected chi connectivity index (χ4v) is 7.03. The molecule has 0 spiro atoms. The zero-order valence-electron chi connectivity index (χ0n) is 28.8. The van der Waals surface area contributed by atoms with Gasteiger partial charge in [0.05, 0.1) is 29.2 Å². The lowest BCUT2D eigenvalue weighted by Gasteiger charge is -2.30. The van der Waals surface area contributed by atoms with Gasteiger partial charge in [-0.05, 0) is 85.4 Å². The van der Waals surface area contributed by atoms with Gasteiger partial charge in [0.15, 0.2) is 0 Å². The van der Waals surface area contributed by atoms with Crippen molar-refractivity contribution in [3.05, 3.63) is 118 Å². The Balaban J connectivity index is 1.05. The molecule has 2 heterocycles. The zero-order chi connectivity index (χ0) is 36.6. The maximum absolute atomic E-state index is 13.0. The molecule has 3 aromatic carbocycles. The highest BCUT2D eigenvalue weighted by molar-refractivity contribution is 5.90. The Hall–Kier alpha value is -5.56. The molecule has 12 nitrogen and oxygen atoms in total. The molecule has 2 aromatic heterocycles. The van der Waals surface area contributed by atoms with Gasteiger partial charge in [0.25, 0.3) is 0 Å². The molecule has 0 radical (unpaired) electrons. The number of pyridine rings is 2. The molecular formula is C40H44N6O6. The van der Waals surface area contributed by atoms with Crippen LogP contribution in [0.15, 0.2) is 89.9 Å². The summed E-state index contributed by atoms with van der Waals surface area (Å²) in [7, 11) is 0. The molecule has 1 fully saturated rings. The highest BCUT2D eigenvalue weighted by atomic mass is 16.5. The Kier molecular flexibility index (Phi) is 11.6. The summed E-state index contributed by atoms with van der Waals surface area (Å²) < 4.78 is 5.73. The van der Waals surface area contributed by atoms with Gasteiger partial charge in [0.2, 0.25) is 11.5 Å². The number of benzene rings is 3. The van der Waals surface area contributed by atoms with Crippen molar-refractivity contribution >= 4 is 28.6 Å². The number of rotatable bonds is 13. The number of ether oxygens (including phenoxy) is 1. The maximum Gasteiger partial charge on any atom is 0.409 e. The summed E-state index contributed by atoms with van der Waals surface area (Å²) in [4.78, 5) is 43.8. The van der Waals surface area contributed by atoms with Crippen molar-refractivity contribution in [1.29, 1.82) is 0 Å². The number of aromatic hydroxyl groups is 1. The fourth-order valence-electron chi connectivity index (χ4n) is 7.03. The van der Waals surface area contributed by atoms with Crippen molar-refractivity contribution < 1.29 is 24.5 Å². The fraction of sp³-hybridized carbons (Fsp3) is 0.300. The number of carbonyl (C=O) groups is 2. The molecule has 1 aliphatic rings. The minimum absolute atomic E-state index is 0.0673. The van der Waals surface area contributed by atoms with E-state index >= 15 is 0 Å². The third kappa shape index (κ3) is 8.83. The van der Waals surface area contributed by atoms with E-state index in [1.54, 1.807) is 30.5 Å². The first-order valence-electron chi connectivity index (χ1n) is 17.6. The SMILES string of the molecule is NC(=O)Oc1c(-c2ccccc2)ccc(CCCC(=O)Nc2ccc(CNC[C@H](O)c3ccc(O)c4[nH]c(=O)ccc34)nc2)c1C1CCC(N)CC1. The molecule has 1 atom stereocenters.